The highest BCUT2D eigenvalue weighted by atomic mass is 32.2. The first-order chi connectivity index (χ1) is 17.4. The highest BCUT2D eigenvalue weighted by molar-refractivity contribution is 7.89. The van der Waals surface area contributed by atoms with Crippen LogP contribution in [0.5, 0.6) is 0 Å². The first-order valence-electron chi connectivity index (χ1n) is 11.7. The summed E-state index contributed by atoms with van der Waals surface area (Å²) in [6.07, 6.45) is -0.595. The van der Waals surface area contributed by atoms with E-state index in [0.717, 1.165) is 6.07 Å². The van der Waals surface area contributed by atoms with Crippen molar-refractivity contribution in [3.05, 3.63) is 59.7 Å². The van der Waals surface area contributed by atoms with E-state index in [-0.39, 0.29) is 16.3 Å². The van der Waals surface area contributed by atoms with Crippen LogP contribution in [0.1, 0.15) is 63.9 Å². The minimum absolute atomic E-state index is 0.0319. The number of rotatable bonds is 9. The van der Waals surface area contributed by atoms with Crippen molar-refractivity contribution < 1.29 is 32.3 Å². The van der Waals surface area contributed by atoms with Crippen LogP contribution in [0.25, 0.3) is 0 Å². The number of nitrogens with one attached hydrogen (secondary N) is 3. The van der Waals surface area contributed by atoms with Gasteiger partial charge in [-0.25, -0.2) is 8.42 Å². The van der Waals surface area contributed by atoms with Gasteiger partial charge in [-0.05, 0) is 84.0 Å². The summed E-state index contributed by atoms with van der Waals surface area (Å²) in [5, 5.41) is 10.1. The van der Waals surface area contributed by atoms with Gasteiger partial charge < -0.3 is 20.5 Å². The van der Waals surface area contributed by atoms with Crippen molar-refractivity contribution in [2.45, 2.75) is 70.1 Å². The van der Waals surface area contributed by atoms with Crippen molar-refractivity contribution in [2.75, 3.05) is 5.32 Å². The molecule has 0 aliphatic heterocycles. The molecule has 0 radical (unpaired) electrons. The number of hydrogen-bond acceptors (Lipinski definition) is 8. The molecule has 0 aliphatic carbocycles. The predicted octanol–water partition coefficient (Wildman–Crippen LogP) is 2.94. The normalized spacial score (nSPS) is 12.8. The SMILES string of the molecule is CC(C)(C)OC(=O)CC(NS(=O)(=O)c1cccc(C(=O)Nc2ccc(C(=N)N)cc2)c1)C(=O)OC(C)(C)C. The number of sulfonamides is 1. The van der Waals surface area contributed by atoms with Crippen LogP contribution < -0.4 is 15.8 Å². The fourth-order valence-electron chi connectivity index (χ4n) is 3.09. The maximum atomic E-state index is 13.2. The van der Waals surface area contributed by atoms with Gasteiger partial charge in [0.25, 0.3) is 5.91 Å². The molecule has 0 fully saturated rings. The average Bonchev–Trinajstić information content (AvgIpc) is 2.76. The number of nitrogens with two attached hydrogens (primary N) is 1. The molecule has 0 bridgehead atoms. The second kappa shape index (κ2) is 11.7. The molecule has 5 N–H and O–H groups in total. The molecule has 1 atom stereocenters. The van der Waals surface area contributed by atoms with Crippen LogP contribution in [-0.4, -0.2) is 49.3 Å². The fraction of sp³-hybridized carbons (Fsp3) is 0.385. The van der Waals surface area contributed by atoms with Crippen molar-refractivity contribution in [3.63, 3.8) is 0 Å². The topological polar surface area (TPSA) is 178 Å². The summed E-state index contributed by atoms with van der Waals surface area (Å²) in [4.78, 5) is 37.6. The second-order valence-corrected chi connectivity index (χ2v) is 12.2. The maximum Gasteiger partial charge on any atom is 0.325 e. The summed E-state index contributed by atoms with van der Waals surface area (Å²) in [5.41, 5.74) is 4.57. The molecular weight excluding hydrogens is 512 g/mol. The van der Waals surface area contributed by atoms with Crippen LogP contribution >= 0.6 is 0 Å². The van der Waals surface area contributed by atoms with Crippen LogP contribution in [0.15, 0.2) is 53.4 Å². The predicted molar refractivity (Wildman–Crippen MR) is 142 cm³/mol. The summed E-state index contributed by atoms with van der Waals surface area (Å²) < 4.78 is 39.1. The lowest BCUT2D eigenvalue weighted by atomic mass is 10.1. The van der Waals surface area contributed by atoms with Crippen molar-refractivity contribution in [2.24, 2.45) is 5.73 Å². The number of ether oxygens (including phenoxy) is 2. The van der Waals surface area contributed by atoms with Gasteiger partial charge in [-0.15, -0.1) is 0 Å². The summed E-state index contributed by atoms with van der Waals surface area (Å²) in [6, 6.07) is 9.85. The number of amidine groups is 1. The van der Waals surface area contributed by atoms with Gasteiger partial charge in [-0.1, -0.05) is 6.07 Å². The fourth-order valence-corrected chi connectivity index (χ4v) is 4.32. The molecule has 1 unspecified atom stereocenters. The van der Waals surface area contributed by atoms with Crippen LogP contribution in [0.2, 0.25) is 0 Å². The first kappa shape index (κ1) is 30.5. The molecular formula is C26H34N4O7S. The average molecular weight is 547 g/mol. The molecule has 0 saturated heterocycles. The molecule has 11 nitrogen and oxygen atoms in total. The third kappa shape index (κ3) is 9.60. The molecule has 0 aromatic heterocycles. The van der Waals surface area contributed by atoms with Gasteiger partial charge >= 0.3 is 11.9 Å². The zero-order chi connectivity index (χ0) is 28.9. The lowest BCUT2D eigenvalue weighted by Crippen LogP contribution is -2.46. The zero-order valence-electron chi connectivity index (χ0n) is 22.2. The summed E-state index contributed by atoms with van der Waals surface area (Å²) in [7, 11) is -4.37. The number of amides is 1. The van der Waals surface area contributed by atoms with Crippen LogP contribution in [0, 0.1) is 5.41 Å². The van der Waals surface area contributed by atoms with E-state index < -0.39 is 51.5 Å². The lowest BCUT2D eigenvalue weighted by Gasteiger charge is -2.25. The maximum absolute atomic E-state index is 13.2. The standard InChI is InChI=1S/C26H34N4O7S/c1-25(2,3)36-21(31)15-20(24(33)37-26(4,5)6)30-38(34,35)19-9-7-8-17(14-19)23(32)29-18-12-10-16(11-13-18)22(27)28/h7-14,20,30H,15H2,1-6H3,(H3,27,28)(H,29,32). The van der Waals surface area contributed by atoms with Gasteiger partial charge in [0, 0.05) is 16.8 Å². The van der Waals surface area contributed by atoms with E-state index in [1.165, 1.54) is 18.2 Å². The number of carbonyl (C=O) groups is 3. The third-order valence-electron chi connectivity index (χ3n) is 4.64. The molecule has 1 amide bonds. The highest BCUT2D eigenvalue weighted by Crippen LogP contribution is 2.18. The molecule has 12 heteroatoms. The van der Waals surface area contributed by atoms with Crippen molar-refractivity contribution in [1.29, 1.82) is 5.41 Å². The van der Waals surface area contributed by atoms with Crippen LogP contribution in [-0.2, 0) is 29.1 Å². The molecule has 2 rings (SSSR count). The van der Waals surface area contributed by atoms with E-state index in [2.05, 4.69) is 10.0 Å². The van der Waals surface area contributed by atoms with E-state index >= 15 is 0 Å². The number of benzene rings is 2. The lowest BCUT2D eigenvalue weighted by molar-refractivity contribution is -0.164. The first-order valence-corrected chi connectivity index (χ1v) is 13.2. The smallest absolute Gasteiger partial charge is 0.325 e. The van der Waals surface area contributed by atoms with Crippen molar-refractivity contribution in [1.82, 2.24) is 4.72 Å². The number of esters is 2. The third-order valence-corrected chi connectivity index (χ3v) is 6.11. The number of hydrogen-bond donors (Lipinski definition) is 4. The Morgan fingerprint density at radius 3 is 2.03 bits per heavy atom. The number of carbonyl (C=O) groups excluding carboxylic acids is 3. The Balaban J connectivity index is 2.27. The molecule has 0 spiro atoms. The summed E-state index contributed by atoms with van der Waals surface area (Å²) in [6.45, 7) is 9.77. The molecule has 0 saturated carbocycles. The molecule has 0 aliphatic rings. The van der Waals surface area contributed by atoms with E-state index in [4.69, 9.17) is 20.6 Å². The summed E-state index contributed by atoms with van der Waals surface area (Å²) in [5.74, 6) is -2.45. The van der Waals surface area contributed by atoms with Crippen LogP contribution in [0.3, 0.4) is 0 Å². The van der Waals surface area contributed by atoms with Gasteiger partial charge in [-0.2, -0.15) is 4.72 Å². The van der Waals surface area contributed by atoms with Gasteiger partial charge in [0.05, 0.1) is 11.3 Å². The Morgan fingerprint density at radius 1 is 0.921 bits per heavy atom. The van der Waals surface area contributed by atoms with E-state index in [1.807, 2.05) is 0 Å². The van der Waals surface area contributed by atoms with Crippen molar-refractivity contribution in [3.8, 4) is 0 Å². The highest BCUT2D eigenvalue weighted by Gasteiger charge is 2.33. The summed E-state index contributed by atoms with van der Waals surface area (Å²) >= 11 is 0. The molecule has 206 valence electrons. The Hall–Kier alpha value is -3.77. The van der Waals surface area contributed by atoms with Gasteiger partial charge in [0.2, 0.25) is 10.0 Å². The Bertz CT molecular complexity index is 1310. The largest absolute Gasteiger partial charge is 0.460 e. The minimum Gasteiger partial charge on any atom is -0.460 e. The van der Waals surface area contributed by atoms with Gasteiger partial charge in [0.1, 0.15) is 23.1 Å². The quantitative estimate of drug-likeness (QED) is 0.211. The van der Waals surface area contributed by atoms with E-state index in [9.17, 15) is 22.8 Å². The monoisotopic (exact) mass is 546 g/mol. The molecule has 38 heavy (non-hydrogen) atoms. The van der Waals surface area contributed by atoms with Gasteiger partial charge in [-0.3, -0.25) is 19.8 Å². The van der Waals surface area contributed by atoms with Crippen LogP contribution in [0.4, 0.5) is 5.69 Å². The number of nitrogen functional groups attached to an aromatic ring is 1. The number of anilines is 1. The Labute approximate surface area is 222 Å². The van der Waals surface area contributed by atoms with E-state index in [1.54, 1.807) is 65.8 Å². The zero-order valence-corrected chi connectivity index (χ0v) is 23.1. The Kier molecular flexibility index (Phi) is 9.41. The molecule has 2 aromatic rings. The minimum atomic E-state index is -4.37. The van der Waals surface area contributed by atoms with Crippen molar-refractivity contribution >= 4 is 39.4 Å². The Morgan fingerprint density at radius 2 is 1.50 bits per heavy atom. The van der Waals surface area contributed by atoms with Gasteiger partial charge in [0.15, 0.2) is 0 Å². The molecule has 2 aromatic carbocycles. The second-order valence-electron chi connectivity index (χ2n) is 10.5. The molecule has 0 heterocycles. The van der Waals surface area contributed by atoms with E-state index in [0.29, 0.717) is 11.3 Å².